The summed E-state index contributed by atoms with van der Waals surface area (Å²) in [6.45, 7) is 4.22. The minimum absolute atomic E-state index is 0.0813. The molecule has 1 aliphatic rings. The molecule has 1 aliphatic carbocycles. The van der Waals surface area contributed by atoms with Gasteiger partial charge in [-0.2, -0.15) is 0 Å². The molecule has 0 heterocycles. The fourth-order valence-corrected chi connectivity index (χ4v) is 2.74. The molecule has 0 saturated heterocycles. The Hall–Kier alpha value is -0.120. The fourth-order valence-electron chi connectivity index (χ4n) is 2.74. The van der Waals surface area contributed by atoms with E-state index in [1.54, 1.807) is 7.11 Å². The first-order valence-corrected chi connectivity index (χ1v) is 6.82. The van der Waals surface area contributed by atoms with E-state index >= 15 is 0 Å². The quantitative estimate of drug-likeness (QED) is 0.780. The Bertz CT molecular complexity index is 222. The largest absolute Gasteiger partial charge is 0.379 e. The molecule has 3 nitrogen and oxygen atoms in total. The van der Waals surface area contributed by atoms with Gasteiger partial charge in [-0.15, -0.1) is 0 Å². The fraction of sp³-hybridized carbons (Fsp3) is 1.00. The predicted molar refractivity (Wildman–Crippen MR) is 71.1 cm³/mol. The molecule has 0 aliphatic heterocycles. The molecule has 0 amide bonds. The second-order valence-electron chi connectivity index (χ2n) is 5.94. The lowest BCUT2D eigenvalue weighted by molar-refractivity contribution is -0.0666. The van der Waals surface area contributed by atoms with Crippen molar-refractivity contribution in [3.8, 4) is 0 Å². The van der Waals surface area contributed by atoms with Gasteiger partial charge in [-0.25, -0.2) is 0 Å². The first-order chi connectivity index (χ1) is 7.96. The molecule has 1 rings (SSSR count). The van der Waals surface area contributed by atoms with Crippen LogP contribution < -0.4 is 5.73 Å². The van der Waals surface area contributed by atoms with Gasteiger partial charge in [0.2, 0.25) is 0 Å². The second-order valence-corrected chi connectivity index (χ2v) is 5.94. The normalized spacial score (nSPS) is 22.4. The number of ether oxygens (including phenoxy) is 2. The molecule has 0 radical (unpaired) electrons. The average molecular weight is 243 g/mol. The molecule has 1 saturated carbocycles. The Morgan fingerprint density at radius 1 is 1.18 bits per heavy atom. The Balaban J connectivity index is 2.51. The van der Waals surface area contributed by atoms with Gasteiger partial charge >= 0.3 is 0 Å². The Morgan fingerprint density at radius 3 is 2.24 bits per heavy atom. The van der Waals surface area contributed by atoms with Gasteiger partial charge < -0.3 is 15.2 Å². The molecule has 0 aromatic heterocycles. The molecule has 1 unspecified atom stereocenters. The third-order valence-electron chi connectivity index (χ3n) is 4.39. The zero-order valence-corrected chi connectivity index (χ0v) is 11.9. The maximum absolute atomic E-state index is 6.38. The van der Waals surface area contributed by atoms with Crippen LogP contribution in [-0.2, 0) is 9.47 Å². The summed E-state index contributed by atoms with van der Waals surface area (Å²) in [5.74, 6) is 0. The molecule has 0 spiro atoms. The first kappa shape index (κ1) is 14.9. The van der Waals surface area contributed by atoms with Crippen molar-refractivity contribution in [2.75, 3.05) is 14.2 Å². The molecule has 102 valence electrons. The van der Waals surface area contributed by atoms with E-state index < -0.39 is 0 Å². The zero-order valence-electron chi connectivity index (χ0n) is 11.9. The highest BCUT2D eigenvalue weighted by molar-refractivity contribution is 4.94. The molecule has 2 N–H and O–H groups in total. The third kappa shape index (κ3) is 3.94. The van der Waals surface area contributed by atoms with Gasteiger partial charge in [-0.1, -0.05) is 19.3 Å². The van der Waals surface area contributed by atoms with E-state index in [9.17, 15) is 0 Å². The predicted octanol–water partition coefficient (Wildman–Crippen LogP) is 2.87. The first-order valence-electron chi connectivity index (χ1n) is 6.82. The molecule has 0 aromatic rings. The van der Waals surface area contributed by atoms with Crippen LogP contribution in [0.15, 0.2) is 0 Å². The maximum atomic E-state index is 6.38. The van der Waals surface area contributed by atoms with Crippen LogP contribution in [0.2, 0.25) is 0 Å². The third-order valence-corrected chi connectivity index (χ3v) is 4.39. The molecule has 3 heteroatoms. The van der Waals surface area contributed by atoms with E-state index in [4.69, 9.17) is 15.2 Å². The van der Waals surface area contributed by atoms with Crippen LogP contribution in [-0.4, -0.2) is 31.5 Å². The minimum atomic E-state index is -0.0821. The standard InChI is InChI=1S/C14H29NO2/c1-13(2,16-3)11-8-12(15)14(17-4)9-6-5-7-10-14/h12H,5-11,15H2,1-4H3. The summed E-state index contributed by atoms with van der Waals surface area (Å²) in [5, 5.41) is 0. The highest BCUT2D eigenvalue weighted by Crippen LogP contribution is 2.35. The second kappa shape index (κ2) is 6.17. The summed E-state index contributed by atoms with van der Waals surface area (Å²) in [6.07, 6.45) is 7.98. The summed E-state index contributed by atoms with van der Waals surface area (Å²) >= 11 is 0. The highest BCUT2D eigenvalue weighted by Gasteiger charge is 2.38. The van der Waals surface area contributed by atoms with Gasteiger partial charge in [0.25, 0.3) is 0 Å². The lowest BCUT2D eigenvalue weighted by Gasteiger charge is -2.41. The van der Waals surface area contributed by atoms with Gasteiger partial charge in [0.05, 0.1) is 11.2 Å². The van der Waals surface area contributed by atoms with Gasteiger partial charge in [0.1, 0.15) is 0 Å². The molecule has 0 bridgehead atoms. The molecule has 17 heavy (non-hydrogen) atoms. The molecule has 0 aromatic carbocycles. The molecule has 1 fully saturated rings. The number of hydrogen-bond acceptors (Lipinski definition) is 3. The van der Waals surface area contributed by atoms with Crippen molar-refractivity contribution in [2.45, 2.75) is 76.0 Å². The van der Waals surface area contributed by atoms with Crippen LogP contribution in [0.4, 0.5) is 0 Å². The van der Waals surface area contributed by atoms with E-state index in [0.29, 0.717) is 0 Å². The summed E-state index contributed by atoms with van der Waals surface area (Å²) in [7, 11) is 3.57. The maximum Gasteiger partial charge on any atom is 0.0828 e. The molecular weight excluding hydrogens is 214 g/mol. The average Bonchev–Trinajstić information content (AvgIpc) is 2.37. The van der Waals surface area contributed by atoms with Crippen molar-refractivity contribution < 1.29 is 9.47 Å². The van der Waals surface area contributed by atoms with Crippen molar-refractivity contribution in [3.63, 3.8) is 0 Å². The van der Waals surface area contributed by atoms with Gasteiger partial charge in [0, 0.05) is 20.3 Å². The van der Waals surface area contributed by atoms with Crippen molar-refractivity contribution in [1.82, 2.24) is 0 Å². The van der Waals surface area contributed by atoms with Crippen LogP contribution >= 0.6 is 0 Å². The number of methoxy groups -OCH3 is 2. The van der Waals surface area contributed by atoms with E-state index in [1.807, 2.05) is 7.11 Å². The minimum Gasteiger partial charge on any atom is -0.379 e. The summed E-state index contributed by atoms with van der Waals surface area (Å²) < 4.78 is 11.2. The number of rotatable bonds is 6. The lowest BCUT2D eigenvalue weighted by atomic mass is 9.77. The van der Waals surface area contributed by atoms with E-state index in [-0.39, 0.29) is 17.2 Å². The molecule has 1 atom stereocenters. The SMILES string of the molecule is COC(C)(C)CCC(N)C1(OC)CCCCC1. The van der Waals surface area contributed by atoms with Crippen molar-refractivity contribution in [2.24, 2.45) is 5.73 Å². The van der Waals surface area contributed by atoms with Gasteiger partial charge in [-0.05, 0) is 39.5 Å². The van der Waals surface area contributed by atoms with Crippen molar-refractivity contribution in [3.05, 3.63) is 0 Å². The molecular formula is C14H29NO2. The van der Waals surface area contributed by atoms with Crippen LogP contribution in [0.3, 0.4) is 0 Å². The lowest BCUT2D eigenvalue weighted by Crippen LogP contribution is -2.51. The van der Waals surface area contributed by atoms with E-state index in [1.165, 1.54) is 19.3 Å². The van der Waals surface area contributed by atoms with Crippen molar-refractivity contribution >= 4 is 0 Å². The summed E-state index contributed by atoms with van der Waals surface area (Å²) in [5.41, 5.74) is 6.21. The van der Waals surface area contributed by atoms with Crippen LogP contribution in [0.1, 0.15) is 58.8 Å². The van der Waals surface area contributed by atoms with E-state index in [2.05, 4.69) is 13.8 Å². The van der Waals surface area contributed by atoms with Gasteiger partial charge in [0.15, 0.2) is 0 Å². The van der Waals surface area contributed by atoms with E-state index in [0.717, 1.165) is 25.7 Å². The van der Waals surface area contributed by atoms with Crippen LogP contribution in [0.5, 0.6) is 0 Å². The van der Waals surface area contributed by atoms with Crippen LogP contribution in [0.25, 0.3) is 0 Å². The van der Waals surface area contributed by atoms with Gasteiger partial charge in [-0.3, -0.25) is 0 Å². The summed E-state index contributed by atoms with van der Waals surface area (Å²) in [4.78, 5) is 0. The monoisotopic (exact) mass is 243 g/mol. The topological polar surface area (TPSA) is 44.5 Å². The Morgan fingerprint density at radius 2 is 1.76 bits per heavy atom. The van der Waals surface area contributed by atoms with Crippen molar-refractivity contribution in [1.29, 1.82) is 0 Å². The zero-order chi connectivity index (χ0) is 12.9. The Kier molecular flexibility index (Phi) is 5.42. The Labute approximate surface area is 106 Å². The number of nitrogens with two attached hydrogens (primary N) is 1. The van der Waals surface area contributed by atoms with Crippen LogP contribution in [0, 0.1) is 0 Å². The number of hydrogen-bond donors (Lipinski definition) is 1. The smallest absolute Gasteiger partial charge is 0.0828 e. The highest BCUT2D eigenvalue weighted by atomic mass is 16.5. The summed E-state index contributed by atoms with van der Waals surface area (Å²) in [6, 6.07) is 0.127.